The Kier molecular flexibility index (Phi) is 3.78. The first kappa shape index (κ1) is 12.1. The zero-order chi connectivity index (χ0) is 12.3. The van der Waals surface area contributed by atoms with Crippen LogP contribution in [0.25, 0.3) is 0 Å². The van der Waals surface area contributed by atoms with Crippen molar-refractivity contribution < 1.29 is 9.32 Å². The number of likely N-dealkylation sites (tertiary alicyclic amines) is 1. The molecular formula is C12H19N3O2. The van der Waals surface area contributed by atoms with Gasteiger partial charge in [0.2, 0.25) is 0 Å². The standard InChI is InChI=1S/C12H19N3O2/c1-9-8-11(14-17-9)12(16)15-6-3-10(2-5-13)4-7-15/h8,10H,2-7,13H2,1H3. The highest BCUT2D eigenvalue weighted by atomic mass is 16.5. The molecule has 0 atom stereocenters. The Morgan fingerprint density at radius 1 is 1.59 bits per heavy atom. The second-order valence-electron chi connectivity index (χ2n) is 4.64. The van der Waals surface area contributed by atoms with Crippen LogP contribution in [0.4, 0.5) is 0 Å². The lowest BCUT2D eigenvalue weighted by Crippen LogP contribution is -2.39. The summed E-state index contributed by atoms with van der Waals surface area (Å²) in [5, 5.41) is 3.76. The molecule has 2 rings (SSSR count). The maximum Gasteiger partial charge on any atom is 0.276 e. The van der Waals surface area contributed by atoms with Crippen LogP contribution in [0.3, 0.4) is 0 Å². The average Bonchev–Trinajstić information content (AvgIpc) is 2.76. The molecule has 0 unspecified atom stereocenters. The minimum Gasteiger partial charge on any atom is -0.361 e. The molecule has 5 nitrogen and oxygen atoms in total. The Morgan fingerprint density at radius 2 is 2.29 bits per heavy atom. The topological polar surface area (TPSA) is 72.4 Å². The first-order valence-corrected chi connectivity index (χ1v) is 6.13. The van der Waals surface area contributed by atoms with Crippen LogP contribution >= 0.6 is 0 Å². The number of piperidine rings is 1. The van der Waals surface area contributed by atoms with Crippen molar-refractivity contribution in [1.29, 1.82) is 0 Å². The second kappa shape index (κ2) is 5.31. The van der Waals surface area contributed by atoms with Crippen LogP contribution in [-0.4, -0.2) is 35.6 Å². The number of rotatable bonds is 3. The average molecular weight is 237 g/mol. The fraction of sp³-hybridized carbons (Fsp3) is 0.667. The van der Waals surface area contributed by atoms with Gasteiger partial charge >= 0.3 is 0 Å². The van der Waals surface area contributed by atoms with Crippen molar-refractivity contribution in [3.63, 3.8) is 0 Å². The van der Waals surface area contributed by atoms with E-state index in [-0.39, 0.29) is 5.91 Å². The van der Waals surface area contributed by atoms with E-state index >= 15 is 0 Å². The Labute approximate surface area is 101 Å². The summed E-state index contributed by atoms with van der Waals surface area (Å²) >= 11 is 0. The van der Waals surface area contributed by atoms with Gasteiger partial charge in [-0.1, -0.05) is 5.16 Å². The number of aromatic nitrogens is 1. The highest BCUT2D eigenvalue weighted by molar-refractivity contribution is 5.92. The van der Waals surface area contributed by atoms with Crippen molar-refractivity contribution in [2.75, 3.05) is 19.6 Å². The summed E-state index contributed by atoms with van der Waals surface area (Å²) in [6, 6.07) is 1.69. The molecule has 0 radical (unpaired) electrons. The van der Waals surface area contributed by atoms with Gasteiger partial charge in [0.1, 0.15) is 5.76 Å². The highest BCUT2D eigenvalue weighted by Gasteiger charge is 2.24. The van der Waals surface area contributed by atoms with Crippen molar-refractivity contribution in [2.24, 2.45) is 11.7 Å². The summed E-state index contributed by atoms with van der Waals surface area (Å²) in [6.07, 6.45) is 3.14. The quantitative estimate of drug-likeness (QED) is 0.857. The first-order valence-electron chi connectivity index (χ1n) is 6.13. The predicted molar refractivity (Wildman–Crippen MR) is 63.5 cm³/mol. The van der Waals surface area contributed by atoms with E-state index in [9.17, 15) is 4.79 Å². The fourth-order valence-electron chi connectivity index (χ4n) is 2.29. The van der Waals surface area contributed by atoms with Gasteiger partial charge in [0.25, 0.3) is 5.91 Å². The maximum atomic E-state index is 12.1. The van der Waals surface area contributed by atoms with Gasteiger partial charge < -0.3 is 15.2 Å². The molecule has 0 aromatic carbocycles. The molecule has 0 aliphatic carbocycles. The van der Waals surface area contributed by atoms with Crippen molar-refractivity contribution in [2.45, 2.75) is 26.2 Å². The van der Waals surface area contributed by atoms with E-state index < -0.39 is 0 Å². The molecule has 1 aromatic heterocycles. The van der Waals surface area contributed by atoms with Crippen LogP contribution < -0.4 is 5.73 Å². The summed E-state index contributed by atoms with van der Waals surface area (Å²) in [5.74, 6) is 1.32. The summed E-state index contributed by atoms with van der Waals surface area (Å²) in [7, 11) is 0. The zero-order valence-corrected chi connectivity index (χ0v) is 10.2. The summed E-state index contributed by atoms with van der Waals surface area (Å²) in [5.41, 5.74) is 5.96. The molecule has 5 heteroatoms. The van der Waals surface area contributed by atoms with Crippen molar-refractivity contribution in [1.82, 2.24) is 10.1 Å². The number of aryl methyl sites for hydroxylation is 1. The van der Waals surface area contributed by atoms with Gasteiger partial charge in [-0.05, 0) is 38.6 Å². The molecule has 1 fully saturated rings. The normalized spacial score (nSPS) is 17.4. The second-order valence-corrected chi connectivity index (χ2v) is 4.64. The minimum absolute atomic E-state index is 0.0203. The molecule has 1 saturated heterocycles. The molecule has 1 amide bonds. The van der Waals surface area contributed by atoms with Gasteiger partial charge in [-0.15, -0.1) is 0 Å². The van der Waals surface area contributed by atoms with Crippen molar-refractivity contribution in [3.8, 4) is 0 Å². The van der Waals surface area contributed by atoms with Gasteiger partial charge in [0.15, 0.2) is 5.69 Å². The molecule has 94 valence electrons. The zero-order valence-electron chi connectivity index (χ0n) is 10.2. The molecular weight excluding hydrogens is 218 g/mol. The number of carbonyl (C=O) groups is 1. The molecule has 0 spiro atoms. The van der Waals surface area contributed by atoms with E-state index in [1.807, 2.05) is 4.90 Å². The summed E-state index contributed by atoms with van der Waals surface area (Å²) in [4.78, 5) is 13.9. The van der Waals surface area contributed by atoms with Crippen LogP contribution in [0.15, 0.2) is 10.6 Å². The Bertz CT molecular complexity index is 381. The van der Waals surface area contributed by atoms with Crippen LogP contribution in [0.5, 0.6) is 0 Å². The van der Waals surface area contributed by atoms with Gasteiger partial charge in [-0.2, -0.15) is 0 Å². The third-order valence-corrected chi connectivity index (χ3v) is 3.32. The highest BCUT2D eigenvalue weighted by Crippen LogP contribution is 2.21. The number of nitrogens with two attached hydrogens (primary N) is 1. The van der Waals surface area contributed by atoms with E-state index in [1.165, 1.54) is 0 Å². The predicted octanol–water partition coefficient (Wildman–Crippen LogP) is 1.18. The lowest BCUT2D eigenvalue weighted by molar-refractivity contribution is 0.0677. The Hall–Kier alpha value is -1.36. The summed E-state index contributed by atoms with van der Waals surface area (Å²) in [6.45, 7) is 4.13. The molecule has 1 aliphatic heterocycles. The van der Waals surface area contributed by atoms with Crippen LogP contribution in [0, 0.1) is 12.8 Å². The van der Waals surface area contributed by atoms with E-state index in [0.29, 0.717) is 17.4 Å². The lowest BCUT2D eigenvalue weighted by atomic mass is 9.93. The van der Waals surface area contributed by atoms with E-state index in [1.54, 1.807) is 13.0 Å². The lowest BCUT2D eigenvalue weighted by Gasteiger charge is -2.31. The molecule has 1 aromatic rings. The molecule has 2 N–H and O–H groups in total. The third kappa shape index (κ3) is 2.85. The maximum absolute atomic E-state index is 12.1. The largest absolute Gasteiger partial charge is 0.361 e. The Balaban J connectivity index is 1.90. The van der Waals surface area contributed by atoms with E-state index in [0.717, 1.165) is 38.9 Å². The van der Waals surface area contributed by atoms with Gasteiger partial charge in [-0.25, -0.2) is 0 Å². The molecule has 1 aliphatic rings. The fourth-order valence-corrected chi connectivity index (χ4v) is 2.29. The smallest absolute Gasteiger partial charge is 0.276 e. The Morgan fingerprint density at radius 3 is 2.82 bits per heavy atom. The van der Waals surface area contributed by atoms with Crippen LogP contribution in [-0.2, 0) is 0 Å². The van der Waals surface area contributed by atoms with Gasteiger partial charge in [0, 0.05) is 19.2 Å². The van der Waals surface area contributed by atoms with E-state index in [2.05, 4.69) is 5.16 Å². The molecule has 17 heavy (non-hydrogen) atoms. The molecule has 0 bridgehead atoms. The van der Waals surface area contributed by atoms with Crippen LogP contribution in [0.2, 0.25) is 0 Å². The van der Waals surface area contributed by atoms with Crippen LogP contribution in [0.1, 0.15) is 35.5 Å². The monoisotopic (exact) mass is 237 g/mol. The molecule has 0 saturated carbocycles. The number of amides is 1. The van der Waals surface area contributed by atoms with Crippen molar-refractivity contribution in [3.05, 3.63) is 17.5 Å². The van der Waals surface area contributed by atoms with E-state index in [4.69, 9.17) is 10.3 Å². The SMILES string of the molecule is Cc1cc(C(=O)N2CCC(CCN)CC2)no1. The first-order chi connectivity index (χ1) is 8.20. The number of hydrogen-bond acceptors (Lipinski definition) is 4. The number of carbonyl (C=O) groups excluding carboxylic acids is 1. The number of nitrogens with zero attached hydrogens (tertiary/aromatic N) is 2. The third-order valence-electron chi connectivity index (χ3n) is 3.32. The van der Waals surface area contributed by atoms with Gasteiger partial charge in [-0.3, -0.25) is 4.79 Å². The van der Waals surface area contributed by atoms with Gasteiger partial charge in [0.05, 0.1) is 0 Å². The van der Waals surface area contributed by atoms with Crippen molar-refractivity contribution >= 4 is 5.91 Å². The molecule has 2 heterocycles. The minimum atomic E-state index is -0.0203. The number of hydrogen-bond donors (Lipinski definition) is 1. The summed E-state index contributed by atoms with van der Waals surface area (Å²) < 4.78 is 4.92.